The van der Waals surface area contributed by atoms with Crippen molar-refractivity contribution in [1.82, 2.24) is 4.98 Å². The van der Waals surface area contributed by atoms with Gasteiger partial charge in [0.2, 0.25) is 0 Å². The Morgan fingerprint density at radius 3 is 3.25 bits per heavy atom. The predicted molar refractivity (Wildman–Crippen MR) is 48.4 cm³/mol. The standard InChI is InChI=1S/C9H8ClNO/c1-6-2-3-12-8-4-9(10)11-5-7(6)8/h4-5H,1-3H2. The minimum Gasteiger partial charge on any atom is -0.492 e. The fourth-order valence-electron chi connectivity index (χ4n) is 1.22. The largest absolute Gasteiger partial charge is 0.492 e. The molecule has 1 aliphatic heterocycles. The molecule has 0 radical (unpaired) electrons. The van der Waals surface area contributed by atoms with E-state index in [1.165, 1.54) is 0 Å². The molecule has 62 valence electrons. The van der Waals surface area contributed by atoms with Crippen LogP contribution in [0.2, 0.25) is 5.15 Å². The first-order valence-corrected chi connectivity index (χ1v) is 4.11. The van der Waals surface area contributed by atoms with Crippen molar-refractivity contribution in [2.45, 2.75) is 6.42 Å². The highest BCUT2D eigenvalue weighted by Crippen LogP contribution is 2.32. The van der Waals surface area contributed by atoms with E-state index in [0.29, 0.717) is 11.8 Å². The molecule has 1 aromatic rings. The van der Waals surface area contributed by atoms with Crippen molar-refractivity contribution in [2.75, 3.05) is 6.61 Å². The van der Waals surface area contributed by atoms with E-state index >= 15 is 0 Å². The summed E-state index contributed by atoms with van der Waals surface area (Å²) < 4.78 is 5.39. The average molecular weight is 182 g/mol. The number of hydrogen-bond acceptors (Lipinski definition) is 2. The third-order valence-corrected chi connectivity index (χ3v) is 2.08. The molecule has 0 unspecified atom stereocenters. The number of rotatable bonds is 0. The Hall–Kier alpha value is -1.02. The molecule has 2 rings (SSSR count). The molecule has 12 heavy (non-hydrogen) atoms. The van der Waals surface area contributed by atoms with Crippen LogP contribution in [-0.4, -0.2) is 11.6 Å². The Kier molecular flexibility index (Phi) is 1.77. The summed E-state index contributed by atoms with van der Waals surface area (Å²) in [5.41, 5.74) is 2.05. The summed E-state index contributed by atoms with van der Waals surface area (Å²) in [6, 6.07) is 1.72. The minimum atomic E-state index is 0.462. The zero-order chi connectivity index (χ0) is 8.55. The lowest BCUT2D eigenvalue weighted by molar-refractivity contribution is 0.316. The molecule has 0 bridgehead atoms. The van der Waals surface area contributed by atoms with Gasteiger partial charge < -0.3 is 4.74 Å². The normalized spacial score (nSPS) is 15.2. The van der Waals surface area contributed by atoms with Gasteiger partial charge in [-0.1, -0.05) is 18.2 Å². The lowest BCUT2D eigenvalue weighted by Gasteiger charge is -2.18. The SMILES string of the molecule is C=C1CCOc2cc(Cl)ncc21. The number of halogens is 1. The molecule has 0 spiro atoms. The van der Waals surface area contributed by atoms with Gasteiger partial charge in [-0.3, -0.25) is 0 Å². The Balaban J connectivity index is 2.53. The molecular formula is C9H8ClNO. The Morgan fingerprint density at radius 1 is 1.58 bits per heavy atom. The Bertz CT molecular complexity index is 335. The van der Waals surface area contributed by atoms with E-state index in [4.69, 9.17) is 16.3 Å². The maximum atomic E-state index is 5.70. The number of pyridine rings is 1. The number of ether oxygens (including phenoxy) is 1. The molecule has 0 aliphatic carbocycles. The van der Waals surface area contributed by atoms with Gasteiger partial charge in [0.15, 0.2) is 0 Å². The summed E-state index contributed by atoms with van der Waals surface area (Å²) in [7, 11) is 0. The van der Waals surface area contributed by atoms with Gasteiger partial charge in [0.25, 0.3) is 0 Å². The summed E-state index contributed by atoms with van der Waals surface area (Å²) in [5.74, 6) is 0.797. The third-order valence-electron chi connectivity index (χ3n) is 1.87. The van der Waals surface area contributed by atoms with Crippen LogP contribution in [0.15, 0.2) is 18.8 Å². The summed E-state index contributed by atoms with van der Waals surface area (Å²) in [5, 5.41) is 0.462. The average Bonchev–Trinajstić information content (AvgIpc) is 2.04. The van der Waals surface area contributed by atoms with Crippen LogP contribution < -0.4 is 4.74 Å². The van der Waals surface area contributed by atoms with Crippen LogP contribution in [-0.2, 0) is 0 Å². The van der Waals surface area contributed by atoms with Crippen molar-refractivity contribution in [2.24, 2.45) is 0 Å². The molecule has 0 saturated heterocycles. The molecule has 1 aliphatic rings. The van der Waals surface area contributed by atoms with Crippen molar-refractivity contribution in [1.29, 1.82) is 0 Å². The van der Waals surface area contributed by atoms with E-state index in [1.54, 1.807) is 12.3 Å². The molecule has 0 amide bonds. The number of nitrogens with zero attached hydrogens (tertiary/aromatic N) is 1. The first kappa shape index (κ1) is 7.62. The maximum absolute atomic E-state index is 5.70. The van der Waals surface area contributed by atoms with Crippen molar-refractivity contribution in [3.8, 4) is 5.75 Å². The van der Waals surface area contributed by atoms with Crippen LogP contribution in [0.5, 0.6) is 5.75 Å². The lowest BCUT2D eigenvalue weighted by atomic mass is 10.0. The highest BCUT2D eigenvalue weighted by molar-refractivity contribution is 6.29. The molecule has 1 aromatic heterocycles. The number of fused-ring (bicyclic) bond motifs is 1. The second kappa shape index (κ2) is 2.79. The molecule has 0 aromatic carbocycles. The van der Waals surface area contributed by atoms with Crippen LogP contribution in [0.4, 0.5) is 0 Å². The summed E-state index contributed by atoms with van der Waals surface area (Å²) in [4.78, 5) is 3.97. The lowest BCUT2D eigenvalue weighted by Crippen LogP contribution is -2.07. The monoisotopic (exact) mass is 181 g/mol. The van der Waals surface area contributed by atoms with Crippen LogP contribution in [0, 0.1) is 0 Å². The molecular weight excluding hydrogens is 174 g/mol. The van der Waals surface area contributed by atoms with Crippen LogP contribution in [0.1, 0.15) is 12.0 Å². The zero-order valence-corrected chi connectivity index (χ0v) is 7.27. The van der Waals surface area contributed by atoms with Gasteiger partial charge in [0.1, 0.15) is 10.9 Å². The molecule has 0 N–H and O–H groups in total. The molecule has 2 nitrogen and oxygen atoms in total. The fraction of sp³-hybridized carbons (Fsp3) is 0.222. The van der Waals surface area contributed by atoms with Crippen molar-refractivity contribution >= 4 is 17.2 Å². The highest BCUT2D eigenvalue weighted by Gasteiger charge is 2.13. The highest BCUT2D eigenvalue weighted by atomic mass is 35.5. The smallest absolute Gasteiger partial charge is 0.132 e. The fourth-order valence-corrected chi connectivity index (χ4v) is 1.36. The van der Waals surface area contributed by atoms with E-state index in [2.05, 4.69) is 11.6 Å². The molecule has 0 atom stereocenters. The van der Waals surface area contributed by atoms with Crippen LogP contribution in [0.25, 0.3) is 5.57 Å². The van der Waals surface area contributed by atoms with Gasteiger partial charge in [-0.15, -0.1) is 0 Å². The van der Waals surface area contributed by atoms with E-state index in [1.807, 2.05) is 0 Å². The number of hydrogen-bond donors (Lipinski definition) is 0. The number of aromatic nitrogens is 1. The Morgan fingerprint density at radius 2 is 2.42 bits per heavy atom. The Labute approximate surface area is 75.8 Å². The first-order valence-electron chi connectivity index (χ1n) is 3.74. The topological polar surface area (TPSA) is 22.1 Å². The van der Waals surface area contributed by atoms with Crippen LogP contribution in [0.3, 0.4) is 0 Å². The third kappa shape index (κ3) is 1.18. The minimum absolute atomic E-state index is 0.462. The van der Waals surface area contributed by atoms with E-state index in [-0.39, 0.29) is 0 Å². The van der Waals surface area contributed by atoms with Crippen molar-refractivity contribution in [3.63, 3.8) is 0 Å². The van der Waals surface area contributed by atoms with Gasteiger partial charge in [0.05, 0.1) is 6.61 Å². The van der Waals surface area contributed by atoms with E-state index < -0.39 is 0 Å². The van der Waals surface area contributed by atoms with E-state index in [9.17, 15) is 0 Å². The second-order valence-corrected chi connectivity index (χ2v) is 3.09. The van der Waals surface area contributed by atoms with Crippen molar-refractivity contribution in [3.05, 3.63) is 29.6 Å². The molecule has 0 saturated carbocycles. The van der Waals surface area contributed by atoms with Gasteiger partial charge in [-0.05, 0) is 5.57 Å². The summed E-state index contributed by atoms with van der Waals surface area (Å²) in [6.45, 7) is 4.61. The predicted octanol–water partition coefficient (Wildman–Crippen LogP) is 2.53. The zero-order valence-electron chi connectivity index (χ0n) is 6.51. The van der Waals surface area contributed by atoms with Gasteiger partial charge in [-0.2, -0.15) is 0 Å². The first-order chi connectivity index (χ1) is 5.77. The van der Waals surface area contributed by atoms with Gasteiger partial charge in [0, 0.05) is 24.2 Å². The van der Waals surface area contributed by atoms with E-state index in [0.717, 1.165) is 23.3 Å². The summed E-state index contributed by atoms with van der Waals surface area (Å²) >= 11 is 5.70. The quantitative estimate of drug-likeness (QED) is 0.574. The van der Waals surface area contributed by atoms with Gasteiger partial charge in [-0.25, -0.2) is 4.98 Å². The molecule has 2 heterocycles. The van der Waals surface area contributed by atoms with Gasteiger partial charge >= 0.3 is 0 Å². The van der Waals surface area contributed by atoms with Crippen LogP contribution >= 0.6 is 11.6 Å². The van der Waals surface area contributed by atoms with Crippen molar-refractivity contribution < 1.29 is 4.74 Å². The molecule has 3 heteroatoms. The molecule has 0 fully saturated rings. The summed E-state index contributed by atoms with van der Waals surface area (Å²) in [6.07, 6.45) is 2.58. The maximum Gasteiger partial charge on any atom is 0.132 e. The second-order valence-electron chi connectivity index (χ2n) is 2.71.